The summed E-state index contributed by atoms with van der Waals surface area (Å²) in [6.07, 6.45) is 3.36. The molecule has 1 fully saturated rings. The molecule has 5 heteroatoms. The van der Waals surface area contributed by atoms with Gasteiger partial charge in [-0.25, -0.2) is 4.98 Å². The maximum absolute atomic E-state index is 6.33. The Labute approximate surface area is 125 Å². The van der Waals surface area contributed by atoms with Gasteiger partial charge in [-0.05, 0) is 39.2 Å². The number of rotatable bonds is 4. The summed E-state index contributed by atoms with van der Waals surface area (Å²) in [6, 6.07) is 1.79. The van der Waals surface area contributed by atoms with E-state index in [-0.39, 0.29) is 5.54 Å². The maximum Gasteiger partial charge on any atom is 0.150 e. The summed E-state index contributed by atoms with van der Waals surface area (Å²) >= 11 is 12.5. The molecule has 1 aromatic heterocycles. The highest BCUT2D eigenvalue weighted by Crippen LogP contribution is 2.38. The highest BCUT2D eigenvalue weighted by Gasteiger charge is 2.34. The molecule has 0 saturated carbocycles. The van der Waals surface area contributed by atoms with Crippen molar-refractivity contribution in [3.05, 3.63) is 16.1 Å². The molecule has 1 saturated heterocycles. The number of hydrogen-bond acceptors (Lipinski definition) is 3. The summed E-state index contributed by atoms with van der Waals surface area (Å²) in [7, 11) is 0. The first kappa shape index (κ1) is 14.7. The third kappa shape index (κ3) is 3.09. The molecule has 1 aliphatic heterocycles. The molecule has 0 spiro atoms. The summed E-state index contributed by atoms with van der Waals surface area (Å²) in [5.74, 6) is 1.57. The predicted molar refractivity (Wildman–Crippen MR) is 83.7 cm³/mol. The van der Waals surface area contributed by atoms with E-state index in [4.69, 9.17) is 23.2 Å². The number of nitrogens with one attached hydrogen (secondary N) is 1. The van der Waals surface area contributed by atoms with Crippen LogP contribution in [-0.2, 0) is 0 Å². The number of hydrogen-bond donors (Lipinski definition) is 1. The second-order valence-electron chi connectivity index (χ2n) is 5.62. The molecule has 3 nitrogen and oxygen atoms in total. The minimum atomic E-state index is 0.104. The smallest absolute Gasteiger partial charge is 0.150 e. The van der Waals surface area contributed by atoms with Crippen LogP contribution in [0.3, 0.4) is 0 Å². The first-order valence-corrected chi connectivity index (χ1v) is 7.59. The van der Waals surface area contributed by atoms with E-state index < -0.39 is 0 Å². The molecular weight excluding hydrogens is 281 g/mol. The topological polar surface area (TPSA) is 28.2 Å². The third-order valence-corrected chi connectivity index (χ3v) is 4.18. The number of pyridine rings is 1. The van der Waals surface area contributed by atoms with Gasteiger partial charge in [-0.2, -0.15) is 0 Å². The Morgan fingerprint density at radius 1 is 1.37 bits per heavy atom. The SMILES string of the molecule is CCCNc1nc(N2CCCC2(C)C)c(Cl)cc1Cl. The minimum Gasteiger partial charge on any atom is -0.369 e. The van der Waals surface area contributed by atoms with Crippen molar-refractivity contribution < 1.29 is 0 Å². The van der Waals surface area contributed by atoms with E-state index in [9.17, 15) is 0 Å². The van der Waals surface area contributed by atoms with Crippen LogP contribution in [0.4, 0.5) is 11.6 Å². The summed E-state index contributed by atoms with van der Waals surface area (Å²) in [5, 5.41) is 4.46. The highest BCUT2D eigenvalue weighted by atomic mass is 35.5. The standard InChI is InChI=1S/C14H21Cl2N3/c1-4-7-17-12-10(15)9-11(16)13(18-12)19-8-5-6-14(19,2)3/h9H,4-8H2,1-3H3,(H,17,18). The van der Waals surface area contributed by atoms with Crippen LogP contribution in [-0.4, -0.2) is 23.6 Å². The molecule has 2 rings (SSSR count). The van der Waals surface area contributed by atoms with Crippen LogP contribution in [0, 0.1) is 0 Å². The van der Waals surface area contributed by atoms with Crippen molar-refractivity contribution >= 4 is 34.8 Å². The molecule has 0 aliphatic carbocycles. The van der Waals surface area contributed by atoms with E-state index in [1.54, 1.807) is 6.07 Å². The first-order valence-electron chi connectivity index (χ1n) is 6.83. The van der Waals surface area contributed by atoms with Crippen molar-refractivity contribution in [2.75, 3.05) is 23.3 Å². The van der Waals surface area contributed by atoms with Crippen molar-refractivity contribution in [3.63, 3.8) is 0 Å². The van der Waals surface area contributed by atoms with Gasteiger partial charge < -0.3 is 10.2 Å². The van der Waals surface area contributed by atoms with E-state index in [1.807, 2.05) is 0 Å². The van der Waals surface area contributed by atoms with E-state index in [1.165, 1.54) is 6.42 Å². The zero-order chi connectivity index (χ0) is 14.0. The third-order valence-electron chi connectivity index (χ3n) is 3.61. The summed E-state index contributed by atoms with van der Waals surface area (Å²) < 4.78 is 0. The first-order chi connectivity index (χ1) is 8.95. The second-order valence-corrected chi connectivity index (χ2v) is 6.43. The molecule has 1 N–H and O–H groups in total. The zero-order valence-electron chi connectivity index (χ0n) is 11.8. The van der Waals surface area contributed by atoms with E-state index >= 15 is 0 Å². The van der Waals surface area contributed by atoms with Crippen LogP contribution in [0.15, 0.2) is 6.07 Å². The summed E-state index contributed by atoms with van der Waals surface area (Å²) in [4.78, 5) is 6.92. The molecule has 0 radical (unpaired) electrons. The van der Waals surface area contributed by atoms with Crippen molar-refractivity contribution in [2.45, 2.75) is 45.6 Å². The highest BCUT2D eigenvalue weighted by molar-refractivity contribution is 6.37. The Balaban J connectivity index is 2.34. The van der Waals surface area contributed by atoms with Crippen LogP contribution in [0.5, 0.6) is 0 Å². The Bertz CT molecular complexity index is 460. The van der Waals surface area contributed by atoms with Crippen molar-refractivity contribution in [1.82, 2.24) is 4.98 Å². The fraction of sp³-hybridized carbons (Fsp3) is 0.643. The van der Waals surface area contributed by atoms with E-state index in [2.05, 4.69) is 36.0 Å². The fourth-order valence-corrected chi connectivity index (χ4v) is 3.04. The maximum atomic E-state index is 6.33. The number of nitrogens with zero attached hydrogens (tertiary/aromatic N) is 2. The minimum absolute atomic E-state index is 0.104. The van der Waals surface area contributed by atoms with E-state index in [0.29, 0.717) is 10.0 Å². The molecule has 0 bridgehead atoms. The van der Waals surface area contributed by atoms with Gasteiger partial charge >= 0.3 is 0 Å². The van der Waals surface area contributed by atoms with Crippen molar-refractivity contribution in [2.24, 2.45) is 0 Å². The lowest BCUT2D eigenvalue weighted by Crippen LogP contribution is -2.39. The Hall–Kier alpha value is -0.670. The Morgan fingerprint density at radius 3 is 2.68 bits per heavy atom. The van der Waals surface area contributed by atoms with Crippen LogP contribution in [0.25, 0.3) is 0 Å². The van der Waals surface area contributed by atoms with Gasteiger partial charge in [0.25, 0.3) is 0 Å². The van der Waals surface area contributed by atoms with Crippen LogP contribution in [0.1, 0.15) is 40.0 Å². The average Bonchev–Trinajstić information content (AvgIpc) is 2.68. The molecule has 19 heavy (non-hydrogen) atoms. The molecule has 1 aromatic rings. The Kier molecular flexibility index (Phi) is 4.46. The van der Waals surface area contributed by atoms with Crippen LogP contribution < -0.4 is 10.2 Å². The number of anilines is 2. The van der Waals surface area contributed by atoms with Gasteiger partial charge in [0.15, 0.2) is 0 Å². The van der Waals surface area contributed by atoms with Crippen molar-refractivity contribution in [3.8, 4) is 0 Å². The van der Waals surface area contributed by atoms with Gasteiger partial charge in [0.1, 0.15) is 11.6 Å². The monoisotopic (exact) mass is 301 g/mol. The quantitative estimate of drug-likeness (QED) is 0.881. The molecule has 1 aliphatic rings. The largest absolute Gasteiger partial charge is 0.369 e. The molecule has 0 aromatic carbocycles. The van der Waals surface area contributed by atoms with Crippen LogP contribution in [0.2, 0.25) is 10.0 Å². The number of halogens is 2. The number of aromatic nitrogens is 1. The van der Waals surface area contributed by atoms with Gasteiger partial charge in [-0.1, -0.05) is 30.1 Å². The normalized spacial score (nSPS) is 17.8. The molecule has 0 unspecified atom stereocenters. The van der Waals surface area contributed by atoms with E-state index in [0.717, 1.165) is 37.6 Å². The molecule has 0 atom stereocenters. The summed E-state index contributed by atoms with van der Waals surface area (Å²) in [6.45, 7) is 8.42. The lowest BCUT2D eigenvalue weighted by atomic mass is 10.0. The van der Waals surface area contributed by atoms with Gasteiger partial charge in [0, 0.05) is 18.6 Å². The molecule has 2 heterocycles. The Morgan fingerprint density at radius 2 is 2.11 bits per heavy atom. The fourth-order valence-electron chi connectivity index (χ4n) is 2.51. The lowest BCUT2D eigenvalue weighted by Gasteiger charge is -2.33. The van der Waals surface area contributed by atoms with Gasteiger partial charge in [-0.15, -0.1) is 0 Å². The zero-order valence-corrected chi connectivity index (χ0v) is 13.3. The van der Waals surface area contributed by atoms with Gasteiger partial charge in [0.05, 0.1) is 10.0 Å². The lowest BCUT2D eigenvalue weighted by molar-refractivity contribution is 0.514. The second kappa shape index (κ2) is 5.76. The average molecular weight is 302 g/mol. The summed E-state index contributed by atoms with van der Waals surface area (Å²) in [5.41, 5.74) is 0.104. The van der Waals surface area contributed by atoms with Gasteiger partial charge in [0.2, 0.25) is 0 Å². The molecular formula is C14H21Cl2N3. The van der Waals surface area contributed by atoms with Gasteiger partial charge in [-0.3, -0.25) is 0 Å². The molecule has 106 valence electrons. The predicted octanol–water partition coefficient (Wildman–Crippen LogP) is 4.59. The molecule has 0 amide bonds. The van der Waals surface area contributed by atoms with Crippen LogP contribution >= 0.6 is 23.2 Å². The van der Waals surface area contributed by atoms with Crippen molar-refractivity contribution in [1.29, 1.82) is 0 Å².